The Bertz CT molecular complexity index is 792. The molecule has 0 atom stereocenters. The molecular weight excluding hydrogens is 284 g/mol. The summed E-state index contributed by atoms with van der Waals surface area (Å²) in [6.45, 7) is 8.21. The Kier molecular flexibility index (Phi) is 4.42. The maximum Gasteiger partial charge on any atom is 0.229 e. The summed E-state index contributed by atoms with van der Waals surface area (Å²) < 4.78 is 0. The van der Waals surface area contributed by atoms with Crippen molar-refractivity contribution >= 4 is 28.4 Å². The summed E-state index contributed by atoms with van der Waals surface area (Å²) in [6, 6.07) is 16.4. The molecule has 4 heteroatoms. The summed E-state index contributed by atoms with van der Waals surface area (Å²) in [5.41, 5.74) is 3.19. The zero-order valence-corrected chi connectivity index (χ0v) is 13.9. The first-order valence-electron chi connectivity index (χ1n) is 8.06. The van der Waals surface area contributed by atoms with Gasteiger partial charge in [0.25, 0.3) is 0 Å². The molecule has 1 heterocycles. The molecule has 0 fully saturated rings. The van der Waals surface area contributed by atoms with Crippen LogP contribution in [0.2, 0.25) is 0 Å². The first-order valence-corrected chi connectivity index (χ1v) is 8.06. The van der Waals surface area contributed by atoms with Gasteiger partial charge in [0.1, 0.15) is 5.82 Å². The van der Waals surface area contributed by atoms with E-state index in [1.807, 2.05) is 30.3 Å². The molecule has 0 amide bonds. The third kappa shape index (κ3) is 3.26. The van der Waals surface area contributed by atoms with E-state index in [0.717, 1.165) is 35.5 Å². The number of aryl methyl sites for hydroxylation is 1. The molecule has 0 spiro atoms. The number of hydrogen-bond donors (Lipinski definition) is 1. The highest BCUT2D eigenvalue weighted by molar-refractivity contribution is 5.90. The molecule has 118 valence electrons. The quantitative estimate of drug-likeness (QED) is 0.752. The fourth-order valence-corrected chi connectivity index (χ4v) is 2.65. The van der Waals surface area contributed by atoms with Gasteiger partial charge in [0.2, 0.25) is 5.95 Å². The Morgan fingerprint density at radius 2 is 1.61 bits per heavy atom. The molecule has 0 unspecified atom stereocenters. The molecule has 0 saturated heterocycles. The lowest BCUT2D eigenvalue weighted by atomic mass is 10.2. The average molecular weight is 306 g/mol. The van der Waals surface area contributed by atoms with Gasteiger partial charge in [-0.15, -0.1) is 0 Å². The van der Waals surface area contributed by atoms with E-state index in [-0.39, 0.29) is 0 Å². The molecule has 1 aromatic heterocycles. The molecule has 3 rings (SSSR count). The number of nitrogens with one attached hydrogen (secondary N) is 1. The van der Waals surface area contributed by atoms with Gasteiger partial charge in [0.05, 0.1) is 5.52 Å². The summed E-state index contributed by atoms with van der Waals surface area (Å²) in [5, 5.41) is 4.41. The molecule has 0 aliphatic carbocycles. The zero-order chi connectivity index (χ0) is 16.2. The van der Waals surface area contributed by atoms with Gasteiger partial charge in [0.15, 0.2) is 0 Å². The molecule has 23 heavy (non-hydrogen) atoms. The normalized spacial score (nSPS) is 10.7. The summed E-state index contributed by atoms with van der Waals surface area (Å²) in [6.07, 6.45) is 0. The second kappa shape index (κ2) is 6.65. The average Bonchev–Trinajstić information content (AvgIpc) is 2.58. The Balaban J connectivity index is 2.05. The Hall–Kier alpha value is -2.62. The maximum atomic E-state index is 4.76. The number of aromatic nitrogens is 2. The number of para-hydroxylation sites is 1. The minimum atomic E-state index is 0.634. The Morgan fingerprint density at radius 3 is 2.30 bits per heavy atom. The van der Waals surface area contributed by atoms with Crippen molar-refractivity contribution in [2.24, 2.45) is 0 Å². The van der Waals surface area contributed by atoms with Gasteiger partial charge in [-0.1, -0.05) is 29.8 Å². The van der Waals surface area contributed by atoms with E-state index in [9.17, 15) is 0 Å². The first kappa shape index (κ1) is 15.3. The lowest BCUT2D eigenvalue weighted by Crippen LogP contribution is -2.23. The monoisotopic (exact) mass is 306 g/mol. The van der Waals surface area contributed by atoms with Gasteiger partial charge in [-0.25, -0.2) is 4.98 Å². The molecule has 0 aliphatic heterocycles. The molecule has 0 radical (unpaired) electrons. The summed E-state index contributed by atoms with van der Waals surface area (Å²) >= 11 is 0. The van der Waals surface area contributed by atoms with E-state index >= 15 is 0 Å². The van der Waals surface area contributed by atoms with Gasteiger partial charge < -0.3 is 10.2 Å². The van der Waals surface area contributed by atoms with Crippen molar-refractivity contribution in [2.75, 3.05) is 23.3 Å². The van der Waals surface area contributed by atoms with Crippen LogP contribution in [0.15, 0.2) is 48.5 Å². The van der Waals surface area contributed by atoms with Crippen molar-refractivity contribution in [2.45, 2.75) is 20.8 Å². The second-order valence-corrected chi connectivity index (χ2v) is 5.55. The predicted octanol–water partition coefficient (Wildman–Crippen LogP) is 4.53. The van der Waals surface area contributed by atoms with Crippen LogP contribution in [-0.4, -0.2) is 23.1 Å². The van der Waals surface area contributed by atoms with Gasteiger partial charge in [-0.3, -0.25) is 0 Å². The third-order valence-electron chi connectivity index (χ3n) is 3.95. The van der Waals surface area contributed by atoms with Gasteiger partial charge in [-0.2, -0.15) is 4.98 Å². The van der Waals surface area contributed by atoms with Gasteiger partial charge >= 0.3 is 0 Å². The van der Waals surface area contributed by atoms with Crippen molar-refractivity contribution < 1.29 is 0 Å². The van der Waals surface area contributed by atoms with E-state index in [0.29, 0.717) is 5.95 Å². The number of fused-ring (bicyclic) bond motifs is 1. The predicted molar refractivity (Wildman–Crippen MR) is 97.6 cm³/mol. The van der Waals surface area contributed by atoms with Crippen LogP contribution in [0.4, 0.5) is 17.5 Å². The topological polar surface area (TPSA) is 41.1 Å². The smallest absolute Gasteiger partial charge is 0.229 e. The second-order valence-electron chi connectivity index (χ2n) is 5.55. The zero-order valence-electron chi connectivity index (χ0n) is 13.9. The molecule has 1 N–H and O–H groups in total. The van der Waals surface area contributed by atoms with Crippen molar-refractivity contribution in [3.05, 3.63) is 54.1 Å². The molecule has 3 aromatic rings. The first-order chi connectivity index (χ1) is 11.2. The standard InChI is InChI=1S/C19H22N4/c1-4-23(5-2)18-16-8-6-7-9-17(16)21-19(22-18)20-15-12-10-14(3)11-13-15/h6-13H,4-5H2,1-3H3,(H,20,21,22). The molecular formula is C19H22N4. The van der Waals surface area contributed by atoms with Crippen LogP contribution >= 0.6 is 0 Å². The largest absolute Gasteiger partial charge is 0.356 e. The summed E-state index contributed by atoms with van der Waals surface area (Å²) in [5.74, 6) is 1.62. The van der Waals surface area contributed by atoms with E-state index in [1.54, 1.807) is 0 Å². The summed E-state index contributed by atoms with van der Waals surface area (Å²) in [4.78, 5) is 11.7. The molecule has 4 nitrogen and oxygen atoms in total. The molecule has 0 aliphatic rings. The van der Waals surface area contributed by atoms with E-state index in [4.69, 9.17) is 4.98 Å². The fraction of sp³-hybridized carbons (Fsp3) is 0.263. The van der Waals surface area contributed by atoms with Crippen molar-refractivity contribution in [3.63, 3.8) is 0 Å². The minimum Gasteiger partial charge on any atom is -0.356 e. The Labute approximate surface area is 137 Å². The highest BCUT2D eigenvalue weighted by Crippen LogP contribution is 2.26. The van der Waals surface area contributed by atoms with Crippen LogP contribution in [0.1, 0.15) is 19.4 Å². The lowest BCUT2D eigenvalue weighted by molar-refractivity contribution is 0.850. The van der Waals surface area contributed by atoms with Crippen LogP contribution in [0.5, 0.6) is 0 Å². The lowest BCUT2D eigenvalue weighted by Gasteiger charge is -2.22. The summed E-state index contributed by atoms with van der Waals surface area (Å²) in [7, 11) is 0. The van der Waals surface area contributed by atoms with Gasteiger partial charge in [0, 0.05) is 24.2 Å². The maximum absolute atomic E-state index is 4.76. The number of rotatable bonds is 5. The fourth-order valence-electron chi connectivity index (χ4n) is 2.65. The highest BCUT2D eigenvalue weighted by Gasteiger charge is 2.12. The SMILES string of the molecule is CCN(CC)c1nc(Nc2ccc(C)cc2)nc2ccccc12. The number of benzene rings is 2. The molecule has 0 bridgehead atoms. The van der Waals surface area contributed by atoms with Crippen molar-refractivity contribution in [1.82, 2.24) is 9.97 Å². The third-order valence-corrected chi connectivity index (χ3v) is 3.95. The van der Waals surface area contributed by atoms with Crippen LogP contribution in [0.25, 0.3) is 10.9 Å². The number of anilines is 3. The van der Waals surface area contributed by atoms with Gasteiger partial charge in [-0.05, 0) is 45.0 Å². The van der Waals surface area contributed by atoms with E-state index < -0.39 is 0 Å². The van der Waals surface area contributed by atoms with Crippen LogP contribution in [-0.2, 0) is 0 Å². The van der Waals surface area contributed by atoms with E-state index in [1.165, 1.54) is 5.56 Å². The highest BCUT2D eigenvalue weighted by atomic mass is 15.2. The molecule has 2 aromatic carbocycles. The van der Waals surface area contributed by atoms with Crippen LogP contribution < -0.4 is 10.2 Å². The number of nitrogens with zero attached hydrogens (tertiary/aromatic N) is 3. The minimum absolute atomic E-state index is 0.634. The van der Waals surface area contributed by atoms with Crippen LogP contribution in [0.3, 0.4) is 0 Å². The van der Waals surface area contributed by atoms with Crippen molar-refractivity contribution in [1.29, 1.82) is 0 Å². The van der Waals surface area contributed by atoms with Crippen LogP contribution in [0, 0.1) is 6.92 Å². The number of hydrogen-bond acceptors (Lipinski definition) is 4. The molecule has 0 saturated carbocycles. The van der Waals surface area contributed by atoms with Crippen molar-refractivity contribution in [3.8, 4) is 0 Å². The Morgan fingerprint density at radius 1 is 0.913 bits per heavy atom. The van der Waals surface area contributed by atoms with E-state index in [2.05, 4.69) is 54.2 Å².